The van der Waals surface area contributed by atoms with Crippen LogP contribution in [0, 0.1) is 17.8 Å². The molecule has 0 aliphatic carbocycles. The quantitative estimate of drug-likeness (QED) is 0.204. The van der Waals surface area contributed by atoms with Crippen molar-refractivity contribution >= 4 is 35.0 Å². The normalized spacial score (nSPS) is 38.2. The molecule has 18 heteroatoms. The number of Topliss-reactive ketones (excluding diaryl/α,β-unsaturated/α-hetero) is 2. The number of amides is 1. The number of aliphatic hydroxyl groups excluding tert-OH is 1. The zero-order valence-corrected chi connectivity index (χ0v) is 36.1. The summed E-state index contributed by atoms with van der Waals surface area (Å²) in [6, 6.07) is -1.35. The molecule has 58 heavy (non-hydrogen) atoms. The Hall–Kier alpha value is -3.68. The summed E-state index contributed by atoms with van der Waals surface area (Å²) in [6.45, 7) is 12.7. The number of hydrogen-bond donors (Lipinski definition) is 1. The van der Waals surface area contributed by atoms with Gasteiger partial charge in [-0.1, -0.05) is 45.1 Å². The molecule has 0 radical (unpaired) electrons. The monoisotopic (exact) mass is 834 g/mol. The second kappa shape index (κ2) is 17.9. The number of carbonyl (C=O) groups excluding carboxylic acids is 4. The second-order valence-corrected chi connectivity index (χ2v) is 17.6. The van der Waals surface area contributed by atoms with Gasteiger partial charge in [0.05, 0.1) is 36.6 Å². The Balaban J connectivity index is 1.49. The Kier molecular flexibility index (Phi) is 14.0. The number of cyclic esters (lactones) is 1. The number of alkyl halides is 1. The van der Waals surface area contributed by atoms with Crippen LogP contribution in [0.1, 0.15) is 74.7 Å². The first-order valence-electron chi connectivity index (χ1n) is 19.8. The Bertz CT molecular complexity index is 1810. The van der Waals surface area contributed by atoms with Crippen LogP contribution in [0.15, 0.2) is 29.9 Å². The number of hydrogen-bond acceptors (Lipinski definition) is 15. The molecule has 322 valence electrons. The number of fused-ring (bicyclic) bond motifs is 1. The van der Waals surface area contributed by atoms with Gasteiger partial charge in [0.15, 0.2) is 17.7 Å². The third-order valence-corrected chi connectivity index (χ3v) is 12.9. The molecule has 3 aliphatic rings. The number of carbonyl (C=O) groups is 4. The van der Waals surface area contributed by atoms with Crippen molar-refractivity contribution in [1.82, 2.24) is 29.8 Å². The standard InChI is InChI=1S/C40H59FN6O10S/c1-12-28-40(8)31(47(37(52)57-40)17-14-13-16-46-21-26(43-44-46)34-42-15-18-58-34)24(4)29(48)22(2)20-38(6,53-11)33(25(5)32(50)39(7,41)36(51)55-28)56-35-30(49)27(45(9)10)19-23(3)54-35/h13-15,18,21-25,27-28,30-31,33,35,49H,12,16-17,19-20H2,1-11H3/b14-13+/t22-,23?,24+,25+,27?,28-,30?,31-,33-,35+,38-,39+,40-/m1/s1. The van der Waals surface area contributed by atoms with Gasteiger partial charge >= 0.3 is 12.1 Å². The molecule has 1 N–H and O–H groups in total. The Morgan fingerprint density at radius 2 is 1.78 bits per heavy atom. The van der Waals surface area contributed by atoms with Gasteiger partial charge < -0.3 is 33.7 Å². The molecule has 3 fully saturated rings. The van der Waals surface area contributed by atoms with Crippen LogP contribution in [-0.4, -0.2) is 146 Å². The second-order valence-electron chi connectivity index (χ2n) is 16.7. The van der Waals surface area contributed by atoms with E-state index in [1.807, 2.05) is 31.3 Å². The number of nitrogens with zero attached hydrogens (tertiary/aromatic N) is 6. The number of aliphatic hydroxyl groups is 1. The lowest BCUT2D eigenvalue weighted by Crippen LogP contribution is -2.61. The van der Waals surface area contributed by atoms with E-state index in [-0.39, 0.29) is 37.3 Å². The lowest BCUT2D eigenvalue weighted by Gasteiger charge is -2.47. The Labute approximate surface area is 343 Å². The van der Waals surface area contributed by atoms with Crippen LogP contribution in [0.2, 0.25) is 0 Å². The summed E-state index contributed by atoms with van der Waals surface area (Å²) < 4.78 is 48.9. The number of aromatic nitrogens is 4. The molecule has 0 spiro atoms. The van der Waals surface area contributed by atoms with E-state index in [9.17, 15) is 24.3 Å². The Morgan fingerprint density at radius 1 is 1.09 bits per heavy atom. The maximum absolute atomic E-state index is 16.9. The number of rotatable bonds is 10. The minimum absolute atomic E-state index is 0.0160. The Morgan fingerprint density at radius 3 is 2.40 bits per heavy atom. The van der Waals surface area contributed by atoms with Crippen molar-refractivity contribution in [3.63, 3.8) is 0 Å². The van der Waals surface area contributed by atoms with E-state index in [0.717, 1.165) is 11.9 Å². The van der Waals surface area contributed by atoms with Crippen molar-refractivity contribution in [2.24, 2.45) is 17.8 Å². The van der Waals surface area contributed by atoms with Crippen LogP contribution >= 0.6 is 11.3 Å². The van der Waals surface area contributed by atoms with Gasteiger partial charge in [-0.3, -0.25) is 14.5 Å². The van der Waals surface area contributed by atoms with Gasteiger partial charge in [-0.2, -0.15) is 0 Å². The molecule has 16 nitrogen and oxygen atoms in total. The van der Waals surface area contributed by atoms with Crippen molar-refractivity contribution in [3.8, 4) is 10.7 Å². The summed E-state index contributed by atoms with van der Waals surface area (Å²) in [4.78, 5) is 64.0. The maximum Gasteiger partial charge on any atom is 0.411 e. The van der Waals surface area contributed by atoms with Crippen molar-refractivity contribution in [2.45, 2.75) is 141 Å². The molecule has 13 atom stereocenters. The van der Waals surface area contributed by atoms with Crippen molar-refractivity contribution < 1.29 is 52.4 Å². The van der Waals surface area contributed by atoms with Crippen LogP contribution in [0.5, 0.6) is 0 Å². The largest absolute Gasteiger partial charge is 0.455 e. The number of likely N-dealkylation sites (N-methyl/N-ethyl adjacent to an activating group) is 1. The van der Waals surface area contributed by atoms with Crippen molar-refractivity contribution in [2.75, 3.05) is 27.7 Å². The van der Waals surface area contributed by atoms with Gasteiger partial charge in [0.1, 0.15) is 28.7 Å². The van der Waals surface area contributed by atoms with Gasteiger partial charge in [-0.15, -0.1) is 16.4 Å². The van der Waals surface area contributed by atoms with E-state index < -0.39 is 83.1 Å². The van der Waals surface area contributed by atoms with E-state index in [0.29, 0.717) is 18.7 Å². The molecule has 2 aromatic heterocycles. The first-order chi connectivity index (χ1) is 27.2. The maximum atomic E-state index is 16.9. The minimum Gasteiger partial charge on any atom is -0.455 e. The average molecular weight is 835 g/mol. The van der Waals surface area contributed by atoms with E-state index >= 15 is 4.39 Å². The van der Waals surface area contributed by atoms with E-state index in [4.69, 9.17) is 23.7 Å². The lowest BCUT2D eigenvalue weighted by molar-refractivity contribution is -0.295. The number of methoxy groups -OCH3 is 1. The molecule has 0 aromatic carbocycles. The first-order valence-corrected chi connectivity index (χ1v) is 20.7. The smallest absolute Gasteiger partial charge is 0.411 e. The topological polar surface area (TPSA) is 185 Å². The first kappa shape index (κ1) is 45.4. The van der Waals surface area contributed by atoms with Crippen molar-refractivity contribution in [3.05, 3.63) is 29.9 Å². The highest BCUT2D eigenvalue weighted by molar-refractivity contribution is 7.13. The van der Waals surface area contributed by atoms with Gasteiger partial charge in [-0.25, -0.2) is 23.6 Å². The van der Waals surface area contributed by atoms with Crippen LogP contribution < -0.4 is 0 Å². The molecule has 2 aromatic rings. The summed E-state index contributed by atoms with van der Waals surface area (Å²) in [6.07, 6.45) is 1.42. The highest BCUT2D eigenvalue weighted by Gasteiger charge is 2.61. The molecule has 5 heterocycles. The molecule has 0 saturated carbocycles. The van der Waals surface area contributed by atoms with E-state index in [1.54, 1.807) is 63.8 Å². The average Bonchev–Trinajstić information content (AvgIpc) is 3.94. The molecule has 1 amide bonds. The molecular weight excluding hydrogens is 776 g/mol. The third kappa shape index (κ3) is 8.92. The number of ketones is 2. The lowest BCUT2D eigenvalue weighted by atomic mass is 9.73. The van der Waals surface area contributed by atoms with Gasteiger partial charge in [-0.05, 0) is 61.1 Å². The highest BCUT2D eigenvalue weighted by atomic mass is 32.1. The predicted octanol–water partition coefficient (Wildman–Crippen LogP) is 4.25. The van der Waals surface area contributed by atoms with E-state index in [2.05, 4.69) is 15.3 Å². The zero-order chi connectivity index (χ0) is 42.9. The summed E-state index contributed by atoms with van der Waals surface area (Å²) in [5, 5.41) is 22.3. The highest BCUT2D eigenvalue weighted by Crippen LogP contribution is 2.43. The fourth-order valence-corrected chi connectivity index (χ4v) is 9.46. The summed E-state index contributed by atoms with van der Waals surface area (Å²) >= 11 is 1.44. The number of thiazole rings is 1. The van der Waals surface area contributed by atoms with E-state index in [1.165, 1.54) is 30.3 Å². The van der Waals surface area contributed by atoms with Gasteiger partial charge in [0, 0.05) is 49.0 Å². The fourth-order valence-electron chi connectivity index (χ4n) is 8.88. The molecule has 3 aliphatic heterocycles. The molecule has 0 bridgehead atoms. The van der Waals surface area contributed by atoms with Crippen LogP contribution in [-0.2, 0) is 44.6 Å². The van der Waals surface area contributed by atoms with Crippen LogP contribution in [0.25, 0.3) is 10.7 Å². The molecular formula is C40H59FN6O10S. The zero-order valence-electron chi connectivity index (χ0n) is 35.3. The van der Waals surface area contributed by atoms with Gasteiger partial charge in [0.2, 0.25) is 0 Å². The number of allylic oxidation sites excluding steroid dienone is 1. The molecule has 3 saturated heterocycles. The van der Waals surface area contributed by atoms with Crippen LogP contribution in [0.4, 0.5) is 9.18 Å². The molecule has 3 unspecified atom stereocenters. The molecule has 5 rings (SSSR count). The van der Waals surface area contributed by atoms with Crippen molar-refractivity contribution in [1.29, 1.82) is 0 Å². The summed E-state index contributed by atoms with van der Waals surface area (Å²) in [5.41, 5.74) is -5.66. The SMILES string of the molecule is CC[C@H]1OC(=O)[C@@](C)(F)C(=O)[C@H](C)[C@@H](O[C@@H]2OC(C)CC(N(C)C)C2O)[C@](C)(OC)C[C@@H](C)C(=O)[C@H](C)[C@H]2N(C/C=C/Cn3cc(-c4nccs4)nn3)C(=O)O[C@]12C. The summed E-state index contributed by atoms with van der Waals surface area (Å²) in [5.74, 6) is -5.92. The minimum atomic E-state index is -3.19. The summed E-state index contributed by atoms with van der Waals surface area (Å²) in [7, 11) is 5.03. The predicted molar refractivity (Wildman–Crippen MR) is 210 cm³/mol. The van der Waals surface area contributed by atoms with Crippen LogP contribution in [0.3, 0.4) is 0 Å². The third-order valence-electron chi connectivity index (χ3n) is 12.1. The number of ether oxygens (including phenoxy) is 5. The van der Waals surface area contributed by atoms with Gasteiger partial charge in [0.25, 0.3) is 5.67 Å². The fraction of sp³-hybridized carbons (Fsp3) is 0.725. The number of esters is 1. The number of halogens is 1.